The van der Waals surface area contributed by atoms with Gasteiger partial charge in [-0.3, -0.25) is 4.98 Å². The van der Waals surface area contributed by atoms with Crippen molar-refractivity contribution in [3.63, 3.8) is 0 Å². The summed E-state index contributed by atoms with van der Waals surface area (Å²) in [6.45, 7) is 2.47. The van der Waals surface area contributed by atoms with Crippen LogP contribution in [0.4, 0.5) is 0 Å². The number of benzene rings is 1. The van der Waals surface area contributed by atoms with Gasteiger partial charge in [0.15, 0.2) is 0 Å². The Morgan fingerprint density at radius 1 is 1.25 bits per heavy atom. The van der Waals surface area contributed by atoms with Gasteiger partial charge in [-0.2, -0.15) is 0 Å². The van der Waals surface area contributed by atoms with E-state index in [9.17, 15) is 4.79 Å². The lowest BCUT2D eigenvalue weighted by atomic mass is 9.87. The quantitative estimate of drug-likeness (QED) is 0.691. The second-order valence-corrected chi connectivity index (χ2v) is 5.71. The Balaban J connectivity index is 1.95. The molecule has 3 heterocycles. The summed E-state index contributed by atoms with van der Waals surface area (Å²) in [7, 11) is 0. The molecule has 4 rings (SSSR count). The maximum atomic E-state index is 12.6. The van der Waals surface area contributed by atoms with Gasteiger partial charge in [0.2, 0.25) is 6.29 Å². The molecule has 0 unspecified atom stereocenters. The molecule has 0 aliphatic carbocycles. The van der Waals surface area contributed by atoms with Gasteiger partial charge in [0.1, 0.15) is 11.3 Å². The maximum Gasteiger partial charge on any atom is 0.343 e. The van der Waals surface area contributed by atoms with Crippen molar-refractivity contribution in [1.82, 2.24) is 4.98 Å². The summed E-state index contributed by atoms with van der Waals surface area (Å²) < 4.78 is 17.2. The molecule has 0 amide bonds. The number of ether oxygens (including phenoxy) is 2. The lowest BCUT2D eigenvalue weighted by Crippen LogP contribution is -2.32. The van der Waals surface area contributed by atoms with Gasteiger partial charge in [-0.1, -0.05) is 18.2 Å². The first kappa shape index (κ1) is 14.9. The largest absolute Gasteiger partial charge is 0.464 e. The molecule has 1 aliphatic rings. The van der Waals surface area contributed by atoms with Crippen molar-refractivity contribution < 1.29 is 13.9 Å². The number of nitrogens with zero attached hydrogens (tertiary/aromatic N) is 1. The minimum atomic E-state index is -0.405. The van der Waals surface area contributed by atoms with Crippen molar-refractivity contribution in [3.05, 3.63) is 70.3 Å². The Kier molecular flexibility index (Phi) is 3.78. The molecule has 5 nitrogen and oxygen atoms in total. The first-order chi connectivity index (χ1) is 11.8. The normalized spacial score (nSPS) is 19.7. The summed E-state index contributed by atoms with van der Waals surface area (Å²) in [4.78, 5) is 16.8. The highest BCUT2D eigenvalue weighted by atomic mass is 16.7. The first-order valence-corrected chi connectivity index (χ1v) is 8.02. The van der Waals surface area contributed by atoms with E-state index in [1.54, 1.807) is 18.5 Å². The van der Waals surface area contributed by atoms with Crippen molar-refractivity contribution in [2.75, 3.05) is 6.61 Å². The maximum absolute atomic E-state index is 12.6. The van der Waals surface area contributed by atoms with Crippen molar-refractivity contribution in [2.24, 2.45) is 0 Å². The van der Waals surface area contributed by atoms with E-state index in [0.29, 0.717) is 29.9 Å². The van der Waals surface area contributed by atoms with Crippen LogP contribution in [0.25, 0.3) is 11.0 Å². The van der Waals surface area contributed by atoms with Gasteiger partial charge in [0, 0.05) is 31.3 Å². The highest BCUT2D eigenvalue weighted by Gasteiger charge is 2.34. The molecule has 2 aromatic heterocycles. The second kappa shape index (κ2) is 6.09. The summed E-state index contributed by atoms with van der Waals surface area (Å²) in [5, 5.41) is 0.783. The highest BCUT2D eigenvalue weighted by Crippen LogP contribution is 2.42. The first-order valence-electron chi connectivity index (χ1n) is 8.02. The molecule has 2 atom stereocenters. The molecule has 122 valence electrons. The lowest BCUT2D eigenvalue weighted by molar-refractivity contribution is -0.0890. The van der Waals surface area contributed by atoms with Crippen LogP contribution in [-0.4, -0.2) is 17.9 Å². The van der Waals surface area contributed by atoms with E-state index >= 15 is 0 Å². The number of para-hydroxylation sites is 1. The summed E-state index contributed by atoms with van der Waals surface area (Å²) in [6.07, 6.45) is 3.64. The Morgan fingerprint density at radius 2 is 2.12 bits per heavy atom. The molecule has 0 radical (unpaired) electrons. The average molecular weight is 323 g/mol. The lowest BCUT2D eigenvalue weighted by Gasteiger charge is -2.31. The minimum Gasteiger partial charge on any atom is -0.464 e. The molecule has 0 bridgehead atoms. The standard InChI is InChI=1S/C19H17NO4/c1-2-22-16-10-14(12-6-5-9-20-11-12)17-18(24-16)13-7-3-4-8-15(13)23-19(17)21/h3-9,11,14,16H,2,10H2,1H3/t14-,16-/m0/s1. The van der Waals surface area contributed by atoms with Crippen LogP contribution in [0.1, 0.15) is 30.4 Å². The highest BCUT2D eigenvalue weighted by molar-refractivity contribution is 5.85. The van der Waals surface area contributed by atoms with Crippen LogP contribution in [0.3, 0.4) is 0 Å². The number of hydrogen-bond donors (Lipinski definition) is 0. The number of pyridine rings is 1. The van der Waals surface area contributed by atoms with Gasteiger partial charge >= 0.3 is 5.63 Å². The van der Waals surface area contributed by atoms with Crippen molar-refractivity contribution >= 4 is 11.0 Å². The van der Waals surface area contributed by atoms with E-state index < -0.39 is 6.29 Å². The summed E-state index contributed by atoms with van der Waals surface area (Å²) in [5.74, 6) is 0.389. The van der Waals surface area contributed by atoms with Crippen LogP contribution in [0, 0.1) is 0 Å². The zero-order chi connectivity index (χ0) is 16.5. The van der Waals surface area contributed by atoms with E-state index in [0.717, 1.165) is 10.9 Å². The number of aromatic nitrogens is 1. The zero-order valence-electron chi connectivity index (χ0n) is 13.3. The van der Waals surface area contributed by atoms with Gasteiger partial charge < -0.3 is 13.9 Å². The molecular formula is C19H17NO4. The third-order valence-electron chi connectivity index (χ3n) is 4.26. The van der Waals surface area contributed by atoms with E-state index in [4.69, 9.17) is 13.9 Å². The van der Waals surface area contributed by atoms with E-state index in [-0.39, 0.29) is 11.5 Å². The van der Waals surface area contributed by atoms with E-state index in [1.165, 1.54) is 0 Å². The van der Waals surface area contributed by atoms with Gasteiger partial charge in [0.05, 0.1) is 10.9 Å². The molecule has 0 saturated heterocycles. The van der Waals surface area contributed by atoms with E-state index in [1.807, 2.05) is 37.3 Å². The molecule has 0 spiro atoms. The molecule has 0 N–H and O–H groups in total. The summed E-state index contributed by atoms with van der Waals surface area (Å²) in [5.41, 5.74) is 1.64. The van der Waals surface area contributed by atoms with E-state index in [2.05, 4.69) is 4.98 Å². The molecule has 24 heavy (non-hydrogen) atoms. The fourth-order valence-corrected chi connectivity index (χ4v) is 3.23. The average Bonchev–Trinajstić information content (AvgIpc) is 2.62. The Morgan fingerprint density at radius 3 is 2.92 bits per heavy atom. The second-order valence-electron chi connectivity index (χ2n) is 5.71. The topological polar surface area (TPSA) is 61.6 Å². The predicted octanol–water partition coefficient (Wildman–Crippen LogP) is 3.47. The van der Waals surface area contributed by atoms with Crippen molar-refractivity contribution in [3.8, 4) is 5.75 Å². The van der Waals surface area contributed by atoms with Crippen molar-refractivity contribution in [1.29, 1.82) is 0 Å². The monoisotopic (exact) mass is 323 g/mol. The summed E-state index contributed by atoms with van der Waals surface area (Å²) >= 11 is 0. The molecule has 5 heteroatoms. The molecule has 0 fully saturated rings. The van der Waals surface area contributed by atoms with Crippen molar-refractivity contribution in [2.45, 2.75) is 25.6 Å². The van der Waals surface area contributed by atoms with Crippen LogP contribution in [-0.2, 0) is 4.74 Å². The molecule has 0 saturated carbocycles. The summed E-state index contributed by atoms with van der Waals surface area (Å²) in [6, 6.07) is 11.2. The Hall–Kier alpha value is -2.66. The molecule has 3 aromatic rings. The fraction of sp³-hybridized carbons (Fsp3) is 0.263. The van der Waals surface area contributed by atoms with Crippen LogP contribution in [0.2, 0.25) is 0 Å². The smallest absolute Gasteiger partial charge is 0.343 e. The van der Waals surface area contributed by atoms with Crippen LogP contribution >= 0.6 is 0 Å². The SMILES string of the molecule is CCO[C@@H]1C[C@@H](c2cccnc2)c2c(c3ccccc3oc2=O)O1. The number of fused-ring (bicyclic) bond motifs is 3. The Labute approximate surface area is 138 Å². The molecule has 1 aromatic carbocycles. The van der Waals surface area contributed by atoms with Gasteiger partial charge in [-0.15, -0.1) is 0 Å². The predicted molar refractivity (Wildman–Crippen MR) is 89.2 cm³/mol. The Bertz CT molecular complexity index is 920. The third-order valence-corrected chi connectivity index (χ3v) is 4.26. The van der Waals surface area contributed by atoms with Crippen LogP contribution in [0.5, 0.6) is 5.75 Å². The number of rotatable bonds is 3. The zero-order valence-corrected chi connectivity index (χ0v) is 13.3. The van der Waals surface area contributed by atoms with Gasteiger partial charge in [-0.25, -0.2) is 4.79 Å². The fourth-order valence-electron chi connectivity index (χ4n) is 3.23. The molecular weight excluding hydrogens is 306 g/mol. The third kappa shape index (κ3) is 2.47. The van der Waals surface area contributed by atoms with Crippen LogP contribution in [0.15, 0.2) is 58.0 Å². The minimum absolute atomic E-state index is 0.167. The van der Waals surface area contributed by atoms with Crippen LogP contribution < -0.4 is 10.4 Å². The molecule has 1 aliphatic heterocycles. The van der Waals surface area contributed by atoms with Gasteiger partial charge in [-0.05, 0) is 30.7 Å². The number of hydrogen-bond acceptors (Lipinski definition) is 5. The van der Waals surface area contributed by atoms with Gasteiger partial charge in [0.25, 0.3) is 0 Å².